The lowest BCUT2D eigenvalue weighted by atomic mass is 10.0. The Kier molecular flexibility index (Phi) is 5.19. The van der Waals surface area contributed by atoms with Gasteiger partial charge in [-0.2, -0.15) is 0 Å². The van der Waals surface area contributed by atoms with Crippen molar-refractivity contribution in [3.8, 4) is 0 Å². The van der Waals surface area contributed by atoms with Crippen LogP contribution in [0, 0.1) is 20.8 Å². The summed E-state index contributed by atoms with van der Waals surface area (Å²) in [5.41, 5.74) is 7.10. The van der Waals surface area contributed by atoms with Gasteiger partial charge in [-0.15, -0.1) is 0 Å². The second-order valence-electron chi connectivity index (χ2n) is 6.13. The van der Waals surface area contributed by atoms with Gasteiger partial charge in [0, 0.05) is 11.4 Å². The highest BCUT2D eigenvalue weighted by atomic mass is 32.1. The van der Waals surface area contributed by atoms with Crippen molar-refractivity contribution in [2.24, 2.45) is 0 Å². The minimum Gasteiger partial charge on any atom is -0.332 e. The molecule has 2 rings (SSSR count). The molecule has 0 saturated heterocycles. The molecule has 0 aromatic heterocycles. The van der Waals surface area contributed by atoms with Gasteiger partial charge in [0.2, 0.25) is 0 Å². The maximum absolute atomic E-state index is 5.43. The van der Waals surface area contributed by atoms with Crippen LogP contribution >= 0.6 is 12.2 Å². The van der Waals surface area contributed by atoms with Crippen LogP contribution in [0.1, 0.15) is 42.0 Å². The number of benzene rings is 2. The van der Waals surface area contributed by atoms with Gasteiger partial charge in [-0.05, 0) is 67.7 Å². The number of hydrogen-bond donors (Lipinski definition) is 2. The third-order valence-corrected chi connectivity index (χ3v) is 3.95. The first-order valence-corrected chi connectivity index (χ1v) is 8.03. The van der Waals surface area contributed by atoms with Gasteiger partial charge >= 0.3 is 0 Å². The second-order valence-corrected chi connectivity index (χ2v) is 6.54. The third kappa shape index (κ3) is 4.08. The van der Waals surface area contributed by atoms with Crippen LogP contribution in [-0.4, -0.2) is 5.11 Å². The zero-order chi connectivity index (χ0) is 16.3. The van der Waals surface area contributed by atoms with Gasteiger partial charge in [-0.25, -0.2) is 0 Å². The molecule has 0 aliphatic rings. The highest BCUT2D eigenvalue weighted by molar-refractivity contribution is 7.80. The topological polar surface area (TPSA) is 24.1 Å². The summed E-state index contributed by atoms with van der Waals surface area (Å²) in [5, 5.41) is 7.18. The summed E-state index contributed by atoms with van der Waals surface area (Å²) < 4.78 is 0. The van der Waals surface area contributed by atoms with Gasteiger partial charge in [0.25, 0.3) is 0 Å². The van der Waals surface area contributed by atoms with E-state index in [0.717, 1.165) is 11.4 Å². The molecule has 0 atom stereocenters. The van der Waals surface area contributed by atoms with Crippen LogP contribution in [0.2, 0.25) is 0 Å². The van der Waals surface area contributed by atoms with Gasteiger partial charge < -0.3 is 10.6 Å². The molecule has 0 spiro atoms. The van der Waals surface area contributed by atoms with Crippen LogP contribution in [0.25, 0.3) is 0 Å². The Morgan fingerprint density at radius 1 is 0.909 bits per heavy atom. The lowest BCUT2D eigenvalue weighted by Gasteiger charge is -2.16. The largest absolute Gasteiger partial charge is 0.332 e. The molecule has 0 aliphatic carbocycles. The summed E-state index contributed by atoms with van der Waals surface area (Å²) >= 11 is 5.43. The second kappa shape index (κ2) is 6.93. The first-order chi connectivity index (χ1) is 10.4. The molecule has 3 heteroatoms. The fourth-order valence-corrected chi connectivity index (χ4v) is 2.82. The number of nitrogens with one attached hydrogen (secondary N) is 2. The molecule has 0 bridgehead atoms. The van der Waals surface area contributed by atoms with Crippen LogP contribution in [-0.2, 0) is 0 Å². The van der Waals surface area contributed by atoms with Crippen molar-refractivity contribution < 1.29 is 0 Å². The van der Waals surface area contributed by atoms with E-state index in [1.54, 1.807) is 0 Å². The minimum atomic E-state index is 0.539. The van der Waals surface area contributed by atoms with Crippen LogP contribution in [0.15, 0.2) is 36.4 Å². The van der Waals surface area contributed by atoms with E-state index in [1.807, 2.05) is 0 Å². The number of thiocarbonyl (C=S) groups is 1. The highest BCUT2D eigenvalue weighted by Crippen LogP contribution is 2.22. The molecule has 2 N–H and O–H groups in total. The van der Waals surface area contributed by atoms with Crippen molar-refractivity contribution in [3.63, 3.8) is 0 Å². The summed E-state index contributed by atoms with van der Waals surface area (Å²) in [5.74, 6) is 0.539. The average molecular weight is 312 g/mol. The quantitative estimate of drug-likeness (QED) is 0.727. The van der Waals surface area contributed by atoms with Crippen molar-refractivity contribution in [3.05, 3.63) is 58.7 Å². The number of anilines is 2. The normalized spacial score (nSPS) is 10.6. The maximum Gasteiger partial charge on any atom is 0.175 e. The molecule has 0 saturated carbocycles. The molecule has 0 heterocycles. The molecule has 2 aromatic rings. The molecule has 116 valence electrons. The summed E-state index contributed by atoms with van der Waals surface area (Å²) in [6.07, 6.45) is 0. The maximum atomic E-state index is 5.43. The Morgan fingerprint density at radius 2 is 1.45 bits per heavy atom. The van der Waals surface area contributed by atoms with Crippen molar-refractivity contribution in [1.29, 1.82) is 0 Å². The monoisotopic (exact) mass is 312 g/mol. The smallest absolute Gasteiger partial charge is 0.175 e. The summed E-state index contributed by atoms with van der Waals surface area (Å²) in [6, 6.07) is 12.7. The van der Waals surface area contributed by atoms with Crippen LogP contribution in [0.3, 0.4) is 0 Å². The summed E-state index contributed by atoms with van der Waals surface area (Å²) in [4.78, 5) is 0. The molecule has 0 unspecified atom stereocenters. The highest BCUT2D eigenvalue weighted by Gasteiger charge is 2.06. The molecular weight excluding hydrogens is 288 g/mol. The van der Waals surface area contributed by atoms with Crippen molar-refractivity contribution >= 4 is 28.7 Å². The van der Waals surface area contributed by atoms with E-state index < -0.39 is 0 Å². The molecular formula is C19H24N2S. The average Bonchev–Trinajstić information content (AvgIpc) is 2.43. The van der Waals surface area contributed by atoms with E-state index in [-0.39, 0.29) is 0 Å². The minimum absolute atomic E-state index is 0.539. The van der Waals surface area contributed by atoms with Crippen molar-refractivity contribution in [1.82, 2.24) is 0 Å². The van der Waals surface area contributed by atoms with Gasteiger partial charge in [0.05, 0.1) is 0 Å². The Balaban J connectivity index is 2.07. The molecule has 0 amide bonds. The number of rotatable bonds is 3. The van der Waals surface area contributed by atoms with E-state index in [4.69, 9.17) is 12.2 Å². The molecule has 0 radical (unpaired) electrons. The van der Waals surface area contributed by atoms with E-state index in [9.17, 15) is 0 Å². The molecule has 0 aliphatic heterocycles. The standard InChI is InChI=1S/C19H24N2S/c1-12(2)16-6-8-17(9-7-16)20-19(22)21-18-14(4)10-13(3)11-15(18)5/h6-12H,1-5H3,(H2,20,21,22). The van der Waals surface area contributed by atoms with Crippen molar-refractivity contribution in [2.45, 2.75) is 40.5 Å². The summed E-state index contributed by atoms with van der Waals surface area (Å²) in [6.45, 7) is 10.7. The fraction of sp³-hybridized carbons (Fsp3) is 0.316. The van der Waals surface area contributed by atoms with Gasteiger partial charge in [-0.3, -0.25) is 0 Å². The van der Waals surface area contributed by atoms with Gasteiger partial charge in [0.15, 0.2) is 5.11 Å². The Labute approximate surface area is 139 Å². The fourth-order valence-electron chi connectivity index (χ4n) is 2.60. The lowest BCUT2D eigenvalue weighted by molar-refractivity contribution is 0.867. The first-order valence-electron chi connectivity index (χ1n) is 7.62. The van der Waals surface area contributed by atoms with Crippen LogP contribution in [0.4, 0.5) is 11.4 Å². The molecule has 2 nitrogen and oxygen atoms in total. The zero-order valence-electron chi connectivity index (χ0n) is 13.9. The van der Waals surface area contributed by atoms with E-state index >= 15 is 0 Å². The SMILES string of the molecule is Cc1cc(C)c(NC(=S)Nc2ccc(C(C)C)cc2)c(C)c1. The van der Waals surface area contributed by atoms with Gasteiger partial charge in [0.1, 0.15) is 0 Å². The van der Waals surface area contributed by atoms with Gasteiger partial charge in [-0.1, -0.05) is 43.7 Å². The molecule has 0 fully saturated rings. The van der Waals surface area contributed by atoms with E-state index in [0.29, 0.717) is 11.0 Å². The Hall–Kier alpha value is -1.87. The predicted octanol–water partition coefficient (Wildman–Crippen LogP) is 5.54. The van der Waals surface area contributed by atoms with E-state index in [2.05, 4.69) is 81.7 Å². The first kappa shape index (κ1) is 16.5. The lowest BCUT2D eigenvalue weighted by Crippen LogP contribution is -2.20. The number of aryl methyl sites for hydroxylation is 3. The third-order valence-electron chi connectivity index (χ3n) is 3.75. The predicted molar refractivity (Wildman–Crippen MR) is 101 cm³/mol. The molecule has 22 heavy (non-hydrogen) atoms. The Bertz CT molecular complexity index is 649. The van der Waals surface area contributed by atoms with E-state index in [1.165, 1.54) is 22.3 Å². The Morgan fingerprint density at radius 3 is 1.95 bits per heavy atom. The van der Waals surface area contributed by atoms with Crippen molar-refractivity contribution in [2.75, 3.05) is 10.6 Å². The summed E-state index contributed by atoms with van der Waals surface area (Å²) in [7, 11) is 0. The zero-order valence-corrected chi connectivity index (χ0v) is 14.8. The van der Waals surface area contributed by atoms with Crippen LogP contribution < -0.4 is 10.6 Å². The number of hydrogen-bond acceptors (Lipinski definition) is 1. The van der Waals surface area contributed by atoms with Crippen LogP contribution in [0.5, 0.6) is 0 Å². The molecule has 2 aromatic carbocycles.